The molecule has 1 aromatic rings. The first kappa shape index (κ1) is 7.19. The Morgan fingerprint density at radius 2 is 2.09 bits per heavy atom. The van der Waals surface area contributed by atoms with Crippen molar-refractivity contribution in [3.05, 3.63) is 36.9 Å². The molecule has 0 atom stereocenters. The maximum atomic E-state index is 10.6. The zero-order chi connectivity index (χ0) is 8.43. The SMILES string of the molecule is O=c1[nH][nH]cc([N+](=O)[O-])c1=O. The lowest BCUT2D eigenvalue weighted by atomic mass is 10.5. The summed E-state index contributed by atoms with van der Waals surface area (Å²) >= 11 is 0. The van der Waals surface area contributed by atoms with E-state index in [1.165, 1.54) is 0 Å². The second kappa shape index (κ2) is 2.37. The van der Waals surface area contributed by atoms with Crippen LogP contribution in [0.15, 0.2) is 15.8 Å². The quantitative estimate of drug-likeness (QED) is 0.308. The largest absolute Gasteiger partial charge is 0.339 e. The van der Waals surface area contributed by atoms with Crippen LogP contribution in [-0.4, -0.2) is 15.1 Å². The van der Waals surface area contributed by atoms with Gasteiger partial charge in [0.25, 0.3) is 0 Å². The van der Waals surface area contributed by atoms with E-state index < -0.39 is 21.6 Å². The van der Waals surface area contributed by atoms with E-state index in [1.807, 2.05) is 5.10 Å². The van der Waals surface area contributed by atoms with E-state index in [0.717, 1.165) is 6.20 Å². The molecule has 0 aliphatic heterocycles. The lowest BCUT2D eigenvalue weighted by Gasteiger charge is -1.85. The molecule has 0 saturated carbocycles. The first-order valence-electron chi connectivity index (χ1n) is 2.57. The highest BCUT2D eigenvalue weighted by molar-refractivity contribution is 5.21. The second-order valence-corrected chi connectivity index (χ2v) is 1.71. The van der Waals surface area contributed by atoms with Crippen LogP contribution in [0.5, 0.6) is 0 Å². The number of aromatic amines is 2. The van der Waals surface area contributed by atoms with Crippen LogP contribution in [0.4, 0.5) is 5.69 Å². The fourth-order valence-electron chi connectivity index (χ4n) is 0.544. The molecule has 7 heteroatoms. The van der Waals surface area contributed by atoms with E-state index in [-0.39, 0.29) is 0 Å². The van der Waals surface area contributed by atoms with Crippen molar-refractivity contribution in [2.24, 2.45) is 0 Å². The highest BCUT2D eigenvalue weighted by atomic mass is 16.6. The number of hydrogen-bond acceptors (Lipinski definition) is 4. The molecule has 7 nitrogen and oxygen atoms in total. The predicted molar refractivity (Wildman–Crippen MR) is 34.3 cm³/mol. The molecule has 2 N–H and O–H groups in total. The average Bonchev–Trinajstić information content (AvgIpc) is 1.94. The van der Waals surface area contributed by atoms with Crippen molar-refractivity contribution in [1.82, 2.24) is 10.2 Å². The van der Waals surface area contributed by atoms with Crippen molar-refractivity contribution >= 4 is 5.69 Å². The van der Waals surface area contributed by atoms with Crippen LogP contribution in [0.2, 0.25) is 0 Å². The Balaban J connectivity index is 3.53. The molecule has 0 aliphatic carbocycles. The van der Waals surface area contributed by atoms with Crippen LogP contribution in [-0.2, 0) is 0 Å². The molecule has 0 bridgehead atoms. The average molecular weight is 157 g/mol. The summed E-state index contributed by atoms with van der Waals surface area (Å²) in [4.78, 5) is 30.1. The summed E-state index contributed by atoms with van der Waals surface area (Å²) in [6.07, 6.45) is 0.823. The molecule has 1 heterocycles. The Kier molecular flexibility index (Phi) is 1.55. The van der Waals surface area contributed by atoms with Crippen molar-refractivity contribution in [3.63, 3.8) is 0 Å². The third-order valence-electron chi connectivity index (χ3n) is 1.03. The number of nitro groups is 1. The van der Waals surface area contributed by atoms with Crippen LogP contribution in [0.25, 0.3) is 0 Å². The smallest absolute Gasteiger partial charge is 0.299 e. The summed E-state index contributed by atoms with van der Waals surface area (Å²) < 4.78 is 0. The van der Waals surface area contributed by atoms with E-state index in [0.29, 0.717) is 0 Å². The standard InChI is InChI=1S/C4H3N3O4/c8-3-2(7(10)11)1-5-6-4(3)9/h1H,(H,5,8)(H,6,9). The minimum absolute atomic E-state index is 0.756. The molecule has 0 spiro atoms. The van der Waals surface area contributed by atoms with Crippen LogP contribution in [0.1, 0.15) is 0 Å². The van der Waals surface area contributed by atoms with Gasteiger partial charge in [0, 0.05) is 0 Å². The fraction of sp³-hybridized carbons (Fsp3) is 0. The van der Waals surface area contributed by atoms with Gasteiger partial charge >= 0.3 is 16.7 Å². The van der Waals surface area contributed by atoms with Gasteiger partial charge in [-0.25, -0.2) is 0 Å². The van der Waals surface area contributed by atoms with Gasteiger partial charge < -0.3 is 0 Å². The molecule has 1 aromatic heterocycles. The Morgan fingerprint density at radius 3 is 2.55 bits per heavy atom. The molecule has 0 amide bonds. The van der Waals surface area contributed by atoms with Crippen molar-refractivity contribution < 1.29 is 4.92 Å². The molecular formula is C4H3N3O4. The molecule has 0 fully saturated rings. The highest BCUT2D eigenvalue weighted by Gasteiger charge is 2.12. The first-order chi connectivity index (χ1) is 5.13. The number of H-pyrrole nitrogens is 2. The van der Waals surface area contributed by atoms with Crippen molar-refractivity contribution in [1.29, 1.82) is 0 Å². The van der Waals surface area contributed by atoms with Crippen LogP contribution >= 0.6 is 0 Å². The number of aromatic nitrogens is 2. The topological polar surface area (TPSA) is 109 Å². The third kappa shape index (κ3) is 1.16. The highest BCUT2D eigenvalue weighted by Crippen LogP contribution is 1.94. The Bertz CT molecular complexity index is 389. The lowest BCUT2D eigenvalue weighted by Crippen LogP contribution is -2.29. The van der Waals surface area contributed by atoms with E-state index in [9.17, 15) is 19.7 Å². The predicted octanol–water partition coefficient (Wildman–Crippen LogP) is -1.03. The van der Waals surface area contributed by atoms with Crippen LogP contribution < -0.4 is 11.0 Å². The van der Waals surface area contributed by atoms with Gasteiger partial charge in [-0.2, -0.15) is 0 Å². The maximum absolute atomic E-state index is 10.6. The Morgan fingerprint density at radius 1 is 1.45 bits per heavy atom. The van der Waals surface area contributed by atoms with Crippen LogP contribution in [0.3, 0.4) is 0 Å². The van der Waals surface area contributed by atoms with Gasteiger partial charge in [0.1, 0.15) is 6.20 Å². The van der Waals surface area contributed by atoms with Crippen LogP contribution in [0, 0.1) is 10.1 Å². The summed E-state index contributed by atoms with van der Waals surface area (Å²) in [7, 11) is 0. The number of rotatable bonds is 1. The van der Waals surface area contributed by atoms with Crippen molar-refractivity contribution in [3.8, 4) is 0 Å². The van der Waals surface area contributed by atoms with Gasteiger partial charge in [-0.15, -0.1) is 0 Å². The minimum Gasteiger partial charge on any atom is -0.299 e. The van der Waals surface area contributed by atoms with E-state index >= 15 is 0 Å². The molecule has 1 rings (SSSR count). The van der Waals surface area contributed by atoms with E-state index in [2.05, 4.69) is 5.10 Å². The molecule has 58 valence electrons. The van der Waals surface area contributed by atoms with Crippen molar-refractivity contribution in [2.45, 2.75) is 0 Å². The summed E-state index contributed by atoms with van der Waals surface area (Å²) in [6.45, 7) is 0. The fourth-order valence-corrected chi connectivity index (χ4v) is 0.544. The van der Waals surface area contributed by atoms with Gasteiger partial charge in [-0.05, 0) is 0 Å². The second-order valence-electron chi connectivity index (χ2n) is 1.71. The third-order valence-corrected chi connectivity index (χ3v) is 1.03. The molecule has 11 heavy (non-hydrogen) atoms. The van der Waals surface area contributed by atoms with Gasteiger partial charge in [-0.3, -0.25) is 29.9 Å². The molecular weight excluding hydrogens is 154 g/mol. The Labute approximate surface area is 58.8 Å². The normalized spacial score (nSPS) is 9.45. The Hall–Kier alpha value is -1.92. The monoisotopic (exact) mass is 157 g/mol. The number of nitrogens with one attached hydrogen (secondary N) is 2. The van der Waals surface area contributed by atoms with Gasteiger partial charge in [0.2, 0.25) is 0 Å². The van der Waals surface area contributed by atoms with E-state index in [4.69, 9.17) is 0 Å². The molecule has 0 aromatic carbocycles. The van der Waals surface area contributed by atoms with Gasteiger partial charge in [0.05, 0.1) is 4.92 Å². The molecule has 0 aliphatic rings. The zero-order valence-corrected chi connectivity index (χ0v) is 5.16. The molecule has 0 saturated heterocycles. The van der Waals surface area contributed by atoms with Crippen molar-refractivity contribution in [2.75, 3.05) is 0 Å². The zero-order valence-electron chi connectivity index (χ0n) is 5.16. The molecule has 0 radical (unpaired) electrons. The lowest BCUT2D eigenvalue weighted by molar-refractivity contribution is -0.386. The summed E-state index contributed by atoms with van der Waals surface area (Å²) in [5.41, 5.74) is -2.93. The number of nitrogens with zero attached hydrogens (tertiary/aromatic N) is 1. The summed E-state index contributed by atoms with van der Waals surface area (Å²) in [6, 6.07) is 0. The number of hydrogen-bond donors (Lipinski definition) is 2. The summed E-state index contributed by atoms with van der Waals surface area (Å²) in [5.74, 6) is 0. The van der Waals surface area contributed by atoms with E-state index in [1.54, 1.807) is 0 Å². The van der Waals surface area contributed by atoms with Gasteiger partial charge in [-0.1, -0.05) is 0 Å². The van der Waals surface area contributed by atoms with Gasteiger partial charge in [0.15, 0.2) is 0 Å². The first-order valence-corrected chi connectivity index (χ1v) is 2.57. The minimum atomic E-state index is -1.14. The summed E-state index contributed by atoms with van der Waals surface area (Å²) in [5, 5.41) is 14.0. The maximum Gasteiger partial charge on any atom is 0.339 e. The molecule has 0 unspecified atom stereocenters.